The first-order valence-corrected chi connectivity index (χ1v) is 6.74. The highest BCUT2D eigenvalue weighted by molar-refractivity contribution is 9.10. The Bertz CT molecular complexity index is 473. The van der Waals surface area contributed by atoms with Crippen LogP contribution in [0.5, 0.6) is 0 Å². The summed E-state index contributed by atoms with van der Waals surface area (Å²) in [6.07, 6.45) is 0. The molecule has 1 aliphatic heterocycles. The molecule has 0 aromatic heterocycles. The van der Waals surface area contributed by atoms with E-state index in [1.807, 2.05) is 25.2 Å². The lowest BCUT2D eigenvalue weighted by Crippen LogP contribution is -2.51. The van der Waals surface area contributed by atoms with Crippen LogP contribution in [-0.4, -0.2) is 31.6 Å². The van der Waals surface area contributed by atoms with Crippen LogP contribution in [0.3, 0.4) is 0 Å². The van der Waals surface area contributed by atoms with Gasteiger partial charge in [-0.25, -0.2) is 0 Å². The van der Waals surface area contributed by atoms with E-state index in [0.717, 1.165) is 22.4 Å². The van der Waals surface area contributed by atoms with Gasteiger partial charge in [0.25, 0.3) is 0 Å². The minimum Gasteiger partial charge on any atom is -0.359 e. The van der Waals surface area contributed by atoms with Crippen molar-refractivity contribution in [2.45, 2.75) is 19.4 Å². The fourth-order valence-electron chi connectivity index (χ4n) is 2.02. The fourth-order valence-corrected chi connectivity index (χ4v) is 2.37. The summed E-state index contributed by atoms with van der Waals surface area (Å²) in [5.74, 6) is 0.0386. The van der Waals surface area contributed by atoms with Crippen LogP contribution in [0.4, 0.5) is 11.4 Å². The van der Waals surface area contributed by atoms with Crippen LogP contribution in [0.1, 0.15) is 13.8 Å². The van der Waals surface area contributed by atoms with Gasteiger partial charge >= 0.3 is 0 Å². The number of fused-ring (bicyclic) bond motifs is 1. The van der Waals surface area contributed by atoms with E-state index in [9.17, 15) is 4.79 Å². The molecule has 0 aliphatic carbocycles. The third kappa shape index (κ3) is 2.84. The molecule has 1 aromatic rings. The van der Waals surface area contributed by atoms with Crippen molar-refractivity contribution in [1.82, 2.24) is 5.32 Å². The molecule has 4 nitrogen and oxygen atoms in total. The first-order chi connectivity index (χ1) is 8.41. The van der Waals surface area contributed by atoms with Crippen LogP contribution in [0.25, 0.3) is 0 Å². The predicted molar refractivity (Wildman–Crippen MR) is 78.1 cm³/mol. The van der Waals surface area contributed by atoms with E-state index in [-0.39, 0.29) is 11.4 Å². The second-order valence-corrected chi connectivity index (χ2v) is 6.12. The first kappa shape index (κ1) is 13.4. The third-order valence-corrected chi connectivity index (χ3v) is 3.67. The van der Waals surface area contributed by atoms with Crippen molar-refractivity contribution in [2.75, 3.05) is 30.4 Å². The van der Waals surface area contributed by atoms with Gasteiger partial charge in [-0.1, -0.05) is 15.9 Å². The summed E-state index contributed by atoms with van der Waals surface area (Å²) in [6, 6.07) is 5.90. The molecule has 0 bridgehead atoms. The number of likely N-dealkylation sites (N-methyl/N-ethyl adjacent to an activating group) is 1. The van der Waals surface area contributed by atoms with Crippen LogP contribution in [0.15, 0.2) is 22.7 Å². The van der Waals surface area contributed by atoms with Gasteiger partial charge in [0, 0.05) is 16.6 Å². The number of hydrogen-bond acceptors (Lipinski definition) is 3. The standard InChI is InChI=1S/C13H18BrN3O/c1-13(2,15-3)8-17-7-12(18)16-10-5-4-9(14)6-11(10)17/h4-6,15H,7-8H2,1-3H3,(H,16,18). The molecule has 1 amide bonds. The van der Waals surface area contributed by atoms with Gasteiger partial charge in [-0.05, 0) is 39.1 Å². The van der Waals surface area contributed by atoms with Gasteiger partial charge < -0.3 is 15.5 Å². The van der Waals surface area contributed by atoms with E-state index in [4.69, 9.17) is 0 Å². The molecule has 1 heterocycles. The summed E-state index contributed by atoms with van der Waals surface area (Å²) in [5, 5.41) is 6.16. The molecule has 0 saturated carbocycles. The first-order valence-electron chi connectivity index (χ1n) is 5.94. The molecule has 1 aromatic carbocycles. The highest BCUT2D eigenvalue weighted by atomic mass is 79.9. The quantitative estimate of drug-likeness (QED) is 0.899. The molecule has 18 heavy (non-hydrogen) atoms. The molecule has 5 heteroatoms. The summed E-state index contributed by atoms with van der Waals surface area (Å²) < 4.78 is 1.02. The molecular formula is C13H18BrN3O. The zero-order valence-corrected chi connectivity index (χ0v) is 12.5. The molecule has 2 rings (SSSR count). The SMILES string of the molecule is CNC(C)(C)CN1CC(=O)Nc2ccc(Br)cc21. The molecule has 1 aliphatic rings. The van der Waals surface area contributed by atoms with Gasteiger partial charge in [0.15, 0.2) is 0 Å². The number of nitrogens with one attached hydrogen (secondary N) is 2. The Morgan fingerprint density at radius 1 is 1.50 bits per heavy atom. The summed E-state index contributed by atoms with van der Waals surface area (Å²) in [7, 11) is 1.94. The number of carbonyl (C=O) groups is 1. The van der Waals surface area contributed by atoms with Gasteiger partial charge in [-0.3, -0.25) is 4.79 Å². The van der Waals surface area contributed by atoms with E-state index in [2.05, 4.69) is 45.3 Å². The third-order valence-electron chi connectivity index (χ3n) is 3.17. The Morgan fingerprint density at radius 3 is 2.89 bits per heavy atom. The molecule has 0 saturated heterocycles. The van der Waals surface area contributed by atoms with Gasteiger partial charge in [0.1, 0.15) is 0 Å². The number of carbonyl (C=O) groups excluding carboxylic acids is 1. The van der Waals surface area contributed by atoms with Crippen molar-refractivity contribution in [3.8, 4) is 0 Å². The number of halogens is 1. The molecule has 0 unspecified atom stereocenters. The Balaban J connectivity index is 2.32. The van der Waals surface area contributed by atoms with Crippen LogP contribution in [-0.2, 0) is 4.79 Å². The largest absolute Gasteiger partial charge is 0.359 e. The monoisotopic (exact) mass is 311 g/mol. The van der Waals surface area contributed by atoms with Gasteiger partial charge in [-0.15, -0.1) is 0 Å². The molecule has 0 radical (unpaired) electrons. The maximum atomic E-state index is 11.7. The molecule has 0 spiro atoms. The number of benzene rings is 1. The summed E-state index contributed by atoms with van der Waals surface area (Å²) in [5.41, 5.74) is 1.89. The van der Waals surface area contributed by atoms with E-state index in [1.165, 1.54) is 0 Å². The van der Waals surface area contributed by atoms with Crippen LogP contribution in [0, 0.1) is 0 Å². The Hall–Kier alpha value is -1.07. The average Bonchev–Trinajstić information content (AvgIpc) is 2.29. The summed E-state index contributed by atoms with van der Waals surface area (Å²) in [4.78, 5) is 13.8. The van der Waals surface area contributed by atoms with E-state index in [1.54, 1.807) is 0 Å². The summed E-state index contributed by atoms with van der Waals surface area (Å²) >= 11 is 3.47. The lowest BCUT2D eigenvalue weighted by molar-refractivity contribution is -0.115. The van der Waals surface area contributed by atoms with Crippen molar-refractivity contribution in [3.05, 3.63) is 22.7 Å². The number of nitrogens with zero attached hydrogens (tertiary/aromatic N) is 1. The molecule has 0 fully saturated rings. The topological polar surface area (TPSA) is 44.4 Å². The maximum absolute atomic E-state index is 11.7. The zero-order chi connectivity index (χ0) is 13.3. The predicted octanol–water partition coefficient (Wildman–Crippen LogP) is 2.21. The summed E-state index contributed by atoms with van der Waals surface area (Å²) in [6.45, 7) is 5.42. The van der Waals surface area contributed by atoms with Gasteiger partial charge in [0.2, 0.25) is 5.91 Å². The lowest BCUT2D eigenvalue weighted by atomic mass is 10.0. The Labute approximate surface area is 116 Å². The second kappa shape index (κ2) is 4.90. The highest BCUT2D eigenvalue weighted by Gasteiger charge is 2.27. The smallest absolute Gasteiger partial charge is 0.243 e. The van der Waals surface area contributed by atoms with Crippen LogP contribution in [0.2, 0.25) is 0 Å². The van der Waals surface area contributed by atoms with E-state index in [0.29, 0.717) is 6.54 Å². The van der Waals surface area contributed by atoms with Crippen molar-refractivity contribution < 1.29 is 4.79 Å². The Morgan fingerprint density at radius 2 is 2.22 bits per heavy atom. The van der Waals surface area contributed by atoms with Crippen molar-refractivity contribution >= 4 is 33.2 Å². The fraction of sp³-hybridized carbons (Fsp3) is 0.462. The Kier molecular flexibility index (Phi) is 3.64. The number of anilines is 2. The molecule has 2 N–H and O–H groups in total. The maximum Gasteiger partial charge on any atom is 0.243 e. The number of hydrogen-bond donors (Lipinski definition) is 2. The second-order valence-electron chi connectivity index (χ2n) is 5.20. The van der Waals surface area contributed by atoms with Crippen LogP contribution < -0.4 is 15.5 Å². The molecule has 98 valence electrons. The minimum absolute atomic E-state index is 0.0386. The van der Waals surface area contributed by atoms with Crippen molar-refractivity contribution in [3.63, 3.8) is 0 Å². The average molecular weight is 312 g/mol. The number of amides is 1. The van der Waals surface area contributed by atoms with Gasteiger partial charge in [-0.2, -0.15) is 0 Å². The number of rotatable bonds is 3. The van der Waals surface area contributed by atoms with Crippen LogP contribution >= 0.6 is 15.9 Å². The van der Waals surface area contributed by atoms with E-state index < -0.39 is 0 Å². The molecule has 0 atom stereocenters. The van der Waals surface area contributed by atoms with Crippen molar-refractivity contribution in [2.24, 2.45) is 0 Å². The normalized spacial score (nSPS) is 15.3. The minimum atomic E-state index is -0.0444. The van der Waals surface area contributed by atoms with E-state index >= 15 is 0 Å². The lowest BCUT2D eigenvalue weighted by Gasteiger charge is -2.37. The highest BCUT2D eigenvalue weighted by Crippen LogP contribution is 2.32. The molecular weight excluding hydrogens is 294 g/mol. The van der Waals surface area contributed by atoms with Gasteiger partial charge in [0.05, 0.1) is 17.9 Å². The zero-order valence-electron chi connectivity index (χ0n) is 10.9. The van der Waals surface area contributed by atoms with Crippen molar-refractivity contribution in [1.29, 1.82) is 0 Å².